The Morgan fingerprint density at radius 2 is 2.06 bits per heavy atom. The van der Waals surface area contributed by atoms with Crippen LogP contribution in [0.3, 0.4) is 0 Å². The van der Waals surface area contributed by atoms with Gasteiger partial charge < -0.3 is 10.2 Å². The maximum absolute atomic E-state index is 4.60. The minimum absolute atomic E-state index is 0.625. The highest BCUT2D eigenvalue weighted by Gasteiger charge is 2.11. The Morgan fingerprint density at radius 3 is 2.56 bits per heavy atom. The Balaban J connectivity index is 3.00. The number of hydrogen-bond acceptors (Lipinski definition) is 5. The first-order valence-electron chi connectivity index (χ1n) is 6.52. The first-order valence-corrected chi connectivity index (χ1v) is 7.75. The van der Waals surface area contributed by atoms with Crippen molar-refractivity contribution >= 4 is 23.4 Å². The van der Waals surface area contributed by atoms with Crippen molar-refractivity contribution in [2.24, 2.45) is 5.92 Å². The number of rotatable bonds is 7. The van der Waals surface area contributed by atoms with Gasteiger partial charge in [0.2, 0.25) is 0 Å². The molecular formula is C13H24N4S. The first kappa shape index (κ1) is 15.1. The van der Waals surface area contributed by atoms with Crippen molar-refractivity contribution in [3.63, 3.8) is 0 Å². The quantitative estimate of drug-likeness (QED) is 0.608. The Kier molecular flexibility index (Phi) is 6.25. The Hall–Kier alpha value is -0.970. The second kappa shape index (κ2) is 7.46. The number of hydrogen-bond donors (Lipinski definition) is 1. The zero-order valence-electron chi connectivity index (χ0n) is 12.0. The maximum atomic E-state index is 4.60. The molecule has 1 heterocycles. The van der Waals surface area contributed by atoms with Gasteiger partial charge in [0.05, 0.1) is 0 Å². The average Bonchev–Trinajstić information content (AvgIpc) is 2.35. The molecule has 0 aromatic carbocycles. The van der Waals surface area contributed by atoms with Crippen molar-refractivity contribution in [1.82, 2.24) is 9.97 Å². The summed E-state index contributed by atoms with van der Waals surface area (Å²) in [7, 11) is 0. The second-order valence-electron chi connectivity index (χ2n) is 4.56. The van der Waals surface area contributed by atoms with Gasteiger partial charge >= 0.3 is 0 Å². The lowest BCUT2D eigenvalue weighted by Crippen LogP contribution is -2.28. The molecule has 1 N–H and O–H groups in total. The van der Waals surface area contributed by atoms with Gasteiger partial charge in [0.1, 0.15) is 11.6 Å². The fourth-order valence-electron chi connectivity index (χ4n) is 1.76. The van der Waals surface area contributed by atoms with Crippen LogP contribution in [0.5, 0.6) is 0 Å². The van der Waals surface area contributed by atoms with Gasteiger partial charge in [0, 0.05) is 25.7 Å². The van der Waals surface area contributed by atoms with Gasteiger partial charge in [-0.15, -0.1) is 0 Å². The number of anilines is 2. The van der Waals surface area contributed by atoms with E-state index >= 15 is 0 Å². The van der Waals surface area contributed by atoms with Crippen molar-refractivity contribution in [3.8, 4) is 0 Å². The number of thioether (sulfide) groups is 1. The number of nitrogens with zero attached hydrogens (tertiary/aromatic N) is 3. The average molecular weight is 268 g/mol. The molecule has 0 saturated carbocycles. The Morgan fingerprint density at radius 1 is 1.33 bits per heavy atom. The van der Waals surface area contributed by atoms with E-state index in [1.165, 1.54) is 0 Å². The van der Waals surface area contributed by atoms with Crippen LogP contribution in [0.4, 0.5) is 11.6 Å². The van der Waals surface area contributed by atoms with E-state index in [2.05, 4.69) is 47.9 Å². The predicted molar refractivity (Wildman–Crippen MR) is 80.7 cm³/mol. The summed E-state index contributed by atoms with van der Waals surface area (Å²) >= 11 is 1.58. The minimum Gasteiger partial charge on any atom is -0.370 e. The van der Waals surface area contributed by atoms with Crippen LogP contribution >= 0.6 is 11.8 Å². The lowest BCUT2D eigenvalue weighted by molar-refractivity contribution is 0.612. The molecule has 0 spiro atoms. The van der Waals surface area contributed by atoms with Crippen molar-refractivity contribution in [1.29, 1.82) is 0 Å². The van der Waals surface area contributed by atoms with Crippen molar-refractivity contribution < 1.29 is 0 Å². The molecule has 18 heavy (non-hydrogen) atoms. The van der Waals surface area contributed by atoms with Crippen molar-refractivity contribution in [2.45, 2.75) is 32.9 Å². The summed E-state index contributed by atoms with van der Waals surface area (Å²) in [5, 5.41) is 4.09. The van der Waals surface area contributed by atoms with Crippen molar-refractivity contribution in [3.05, 3.63) is 6.07 Å². The van der Waals surface area contributed by atoms with E-state index in [0.717, 1.165) is 36.4 Å². The highest BCUT2D eigenvalue weighted by molar-refractivity contribution is 7.98. The molecule has 1 aromatic heterocycles. The highest BCUT2D eigenvalue weighted by Crippen LogP contribution is 2.21. The molecule has 4 nitrogen and oxygen atoms in total. The molecule has 0 radical (unpaired) electrons. The number of aromatic nitrogens is 2. The van der Waals surface area contributed by atoms with Gasteiger partial charge in [0.15, 0.2) is 5.16 Å². The summed E-state index contributed by atoms with van der Waals surface area (Å²) in [6.45, 7) is 11.6. The molecule has 0 aliphatic carbocycles. The van der Waals surface area contributed by atoms with E-state index in [1.54, 1.807) is 11.8 Å². The molecule has 0 amide bonds. The van der Waals surface area contributed by atoms with E-state index in [4.69, 9.17) is 0 Å². The summed E-state index contributed by atoms with van der Waals surface area (Å²) < 4.78 is 0. The molecule has 1 rings (SSSR count). The molecule has 0 bridgehead atoms. The third-order valence-electron chi connectivity index (χ3n) is 2.52. The smallest absolute Gasteiger partial charge is 0.191 e. The molecule has 0 aliphatic heterocycles. The zero-order valence-corrected chi connectivity index (χ0v) is 12.8. The van der Waals surface area contributed by atoms with Crippen LogP contribution < -0.4 is 10.2 Å². The van der Waals surface area contributed by atoms with E-state index in [1.807, 2.05) is 12.3 Å². The topological polar surface area (TPSA) is 41.0 Å². The predicted octanol–water partition coefficient (Wildman–Crippen LogP) is 3.11. The van der Waals surface area contributed by atoms with E-state index in [0.29, 0.717) is 5.92 Å². The zero-order chi connectivity index (χ0) is 13.5. The SMILES string of the molecule is CCNc1cc(N(CC)CC(C)C)nc(SC)n1. The molecule has 102 valence electrons. The van der Waals surface area contributed by atoms with Crippen LogP contribution in [-0.2, 0) is 0 Å². The fourth-order valence-corrected chi connectivity index (χ4v) is 2.14. The van der Waals surface area contributed by atoms with E-state index in [-0.39, 0.29) is 0 Å². The van der Waals surface area contributed by atoms with Gasteiger partial charge in [-0.25, -0.2) is 9.97 Å². The second-order valence-corrected chi connectivity index (χ2v) is 5.33. The molecule has 0 fully saturated rings. The van der Waals surface area contributed by atoms with Gasteiger partial charge in [-0.1, -0.05) is 25.6 Å². The van der Waals surface area contributed by atoms with Crippen LogP contribution in [-0.4, -0.2) is 35.9 Å². The lowest BCUT2D eigenvalue weighted by atomic mass is 10.2. The van der Waals surface area contributed by atoms with Crippen LogP contribution in [0.15, 0.2) is 11.2 Å². The molecule has 1 aromatic rings. The molecular weight excluding hydrogens is 244 g/mol. The van der Waals surface area contributed by atoms with Crippen LogP contribution in [0.2, 0.25) is 0 Å². The molecule has 0 saturated heterocycles. The Bertz CT molecular complexity index is 368. The van der Waals surface area contributed by atoms with Gasteiger partial charge in [-0.3, -0.25) is 0 Å². The lowest BCUT2D eigenvalue weighted by Gasteiger charge is -2.24. The van der Waals surface area contributed by atoms with Crippen LogP contribution in [0.25, 0.3) is 0 Å². The van der Waals surface area contributed by atoms with Crippen LogP contribution in [0.1, 0.15) is 27.7 Å². The normalized spacial score (nSPS) is 10.8. The van der Waals surface area contributed by atoms with E-state index in [9.17, 15) is 0 Å². The largest absolute Gasteiger partial charge is 0.370 e. The molecule has 0 unspecified atom stereocenters. The van der Waals surface area contributed by atoms with Crippen LogP contribution in [0, 0.1) is 5.92 Å². The Labute approximate surface area is 115 Å². The molecule has 0 atom stereocenters. The summed E-state index contributed by atoms with van der Waals surface area (Å²) in [4.78, 5) is 11.3. The summed E-state index contributed by atoms with van der Waals surface area (Å²) in [6.07, 6.45) is 2.01. The highest BCUT2D eigenvalue weighted by atomic mass is 32.2. The third-order valence-corrected chi connectivity index (χ3v) is 3.07. The third kappa shape index (κ3) is 4.37. The fraction of sp³-hybridized carbons (Fsp3) is 0.692. The molecule has 0 aliphatic rings. The van der Waals surface area contributed by atoms with Crippen molar-refractivity contribution in [2.75, 3.05) is 36.1 Å². The van der Waals surface area contributed by atoms with Gasteiger partial charge in [-0.05, 0) is 26.0 Å². The van der Waals surface area contributed by atoms with Gasteiger partial charge in [0.25, 0.3) is 0 Å². The summed E-state index contributed by atoms with van der Waals surface area (Å²) in [5.74, 6) is 2.55. The summed E-state index contributed by atoms with van der Waals surface area (Å²) in [5.41, 5.74) is 0. The monoisotopic (exact) mass is 268 g/mol. The van der Waals surface area contributed by atoms with Gasteiger partial charge in [-0.2, -0.15) is 0 Å². The number of nitrogens with one attached hydrogen (secondary N) is 1. The minimum atomic E-state index is 0.625. The summed E-state index contributed by atoms with van der Waals surface area (Å²) in [6, 6.07) is 2.04. The maximum Gasteiger partial charge on any atom is 0.191 e. The standard InChI is InChI=1S/C13H24N4S/c1-6-14-11-8-12(16-13(15-11)18-5)17(7-2)9-10(3)4/h8,10H,6-7,9H2,1-5H3,(H,14,15,16). The first-order chi connectivity index (χ1) is 8.60. The van der Waals surface area contributed by atoms with E-state index < -0.39 is 0 Å². The molecule has 5 heteroatoms.